The molecule has 0 unspecified atom stereocenters. The molecule has 120 valence electrons. The molecule has 2 aromatic carbocycles. The van der Waals surface area contributed by atoms with Crippen molar-refractivity contribution in [3.05, 3.63) is 58.6 Å². The largest absolute Gasteiger partial charge is 0.507 e. The highest BCUT2D eigenvalue weighted by Gasteiger charge is 2.15. The molecule has 0 aliphatic carbocycles. The number of ether oxygens (including phenoxy) is 1. The Labute approximate surface area is 138 Å². The third-order valence-electron chi connectivity index (χ3n) is 3.16. The van der Waals surface area contributed by atoms with E-state index in [2.05, 4.69) is 5.32 Å². The topological polar surface area (TPSA) is 75.6 Å². The lowest BCUT2D eigenvalue weighted by Gasteiger charge is -2.08. The van der Waals surface area contributed by atoms with E-state index in [0.717, 1.165) is 12.0 Å². The van der Waals surface area contributed by atoms with Crippen molar-refractivity contribution in [2.75, 3.05) is 11.9 Å². The Morgan fingerprint density at radius 3 is 2.52 bits per heavy atom. The van der Waals surface area contributed by atoms with Crippen molar-refractivity contribution >= 4 is 29.2 Å². The molecule has 0 radical (unpaired) electrons. The van der Waals surface area contributed by atoms with Crippen LogP contribution >= 0.6 is 11.6 Å². The molecular formula is C17H16ClNO4. The van der Waals surface area contributed by atoms with Gasteiger partial charge in [0.25, 0.3) is 5.91 Å². The summed E-state index contributed by atoms with van der Waals surface area (Å²) in [5.74, 6) is -1.54. The number of amides is 1. The van der Waals surface area contributed by atoms with Gasteiger partial charge in [0.05, 0.1) is 0 Å². The Kier molecular flexibility index (Phi) is 5.60. The predicted molar refractivity (Wildman–Crippen MR) is 87.8 cm³/mol. The van der Waals surface area contributed by atoms with Crippen LogP contribution in [-0.4, -0.2) is 23.6 Å². The molecule has 0 heterocycles. The lowest BCUT2D eigenvalue weighted by Crippen LogP contribution is -2.21. The maximum absolute atomic E-state index is 11.8. The first-order chi connectivity index (χ1) is 11.0. The number of phenolic OH excluding ortho intramolecular Hbond substituents is 1. The monoisotopic (exact) mass is 333 g/mol. The second kappa shape index (κ2) is 7.65. The maximum atomic E-state index is 11.8. The first-order valence-corrected chi connectivity index (χ1v) is 7.42. The Morgan fingerprint density at radius 1 is 1.17 bits per heavy atom. The zero-order chi connectivity index (χ0) is 16.8. The van der Waals surface area contributed by atoms with Crippen LogP contribution in [0.2, 0.25) is 5.02 Å². The van der Waals surface area contributed by atoms with Crippen LogP contribution in [0.4, 0.5) is 5.69 Å². The number of benzene rings is 2. The minimum absolute atomic E-state index is 0.0856. The van der Waals surface area contributed by atoms with Gasteiger partial charge >= 0.3 is 5.97 Å². The summed E-state index contributed by atoms with van der Waals surface area (Å²) < 4.78 is 4.87. The molecule has 0 fully saturated rings. The first kappa shape index (κ1) is 16.8. The average molecular weight is 334 g/mol. The normalized spacial score (nSPS) is 10.2. The van der Waals surface area contributed by atoms with Gasteiger partial charge in [0.15, 0.2) is 6.61 Å². The van der Waals surface area contributed by atoms with Gasteiger partial charge in [-0.3, -0.25) is 4.79 Å². The molecule has 2 rings (SSSR count). The number of hydrogen-bond donors (Lipinski definition) is 2. The van der Waals surface area contributed by atoms with Crippen LogP contribution in [0, 0.1) is 0 Å². The number of rotatable bonds is 5. The van der Waals surface area contributed by atoms with Crippen molar-refractivity contribution in [3.63, 3.8) is 0 Å². The molecule has 0 atom stereocenters. The van der Waals surface area contributed by atoms with Crippen molar-refractivity contribution in [2.24, 2.45) is 0 Å². The molecule has 0 aliphatic rings. The summed E-state index contributed by atoms with van der Waals surface area (Å²) in [4.78, 5) is 23.6. The summed E-state index contributed by atoms with van der Waals surface area (Å²) >= 11 is 5.76. The van der Waals surface area contributed by atoms with E-state index in [1.165, 1.54) is 18.2 Å². The van der Waals surface area contributed by atoms with Crippen molar-refractivity contribution < 1.29 is 19.4 Å². The van der Waals surface area contributed by atoms with E-state index in [4.69, 9.17) is 16.3 Å². The summed E-state index contributed by atoms with van der Waals surface area (Å²) in [6, 6.07) is 11.4. The summed E-state index contributed by atoms with van der Waals surface area (Å²) in [6.45, 7) is 1.58. The number of anilines is 1. The van der Waals surface area contributed by atoms with Crippen LogP contribution in [-0.2, 0) is 16.0 Å². The highest BCUT2D eigenvalue weighted by atomic mass is 35.5. The molecule has 1 amide bonds. The minimum Gasteiger partial charge on any atom is -0.507 e. The smallest absolute Gasteiger partial charge is 0.342 e. The second-order valence-electron chi connectivity index (χ2n) is 4.84. The molecule has 0 spiro atoms. The number of aromatic hydroxyl groups is 1. The zero-order valence-corrected chi connectivity index (χ0v) is 13.3. The summed E-state index contributed by atoms with van der Waals surface area (Å²) in [5.41, 5.74) is 1.69. The lowest BCUT2D eigenvalue weighted by molar-refractivity contribution is -0.119. The maximum Gasteiger partial charge on any atom is 0.342 e. The molecule has 0 bridgehead atoms. The van der Waals surface area contributed by atoms with Crippen molar-refractivity contribution in [3.8, 4) is 5.75 Å². The third kappa shape index (κ3) is 4.72. The number of esters is 1. The number of aryl methyl sites for hydroxylation is 1. The highest BCUT2D eigenvalue weighted by Crippen LogP contribution is 2.22. The van der Waals surface area contributed by atoms with Crippen LogP contribution in [0.3, 0.4) is 0 Å². The number of carbonyl (C=O) groups is 2. The molecule has 2 N–H and O–H groups in total. The Bertz CT molecular complexity index is 713. The van der Waals surface area contributed by atoms with E-state index < -0.39 is 18.5 Å². The zero-order valence-electron chi connectivity index (χ0n) is 12.5. The fraction of sp³-hybridized carbons (Fsp3) is 0.176. The van der Waals surface area contributed by atoms with Crippen LogP contribution in [0.25, 0.3) is 0 Å². The molecule has 5 nitrogen and oxygen atoms in total. The standard InChI is InChI=1S/C17H16ClNO4/c1-2-11-3-6-13(7-4-11)19-16(21)10-23-17(22)14-9-12(18)5-8-15(14)20/h3-9,20H,2,10H2,1H3,(H,19,21). The number of phenols is 1. The van der Waals surface area contributed by atoms with Crippen LogP contribution in [0.5, 0.6) is 5.75 Å². The van der Waals surface area contributed by atoms with Crippen molar-refractivity contribution in [1.29, 1.82) is 0 Å². The number of carbonyl (C=O) groups excluding carboxylic acids is 2. The Balaban J connectivity index is 1.90. The highest BCUT2D eigenvalue weighted by molar-refractivity contribution is 6.31. The van der Waals surface area contributed by atoms with Gasteiger partial charge in [-0.15, -0.1) is 0 Å². The molecule has 6 heteroatoms. The van der Waals surface area contributed by atoms with Gasteiger partial charge < -0.3 is 15.2 Å². The third-order valence-corrected chi connectivity index (χ3v) is 3.39. The van der Waals surface area contributed by atoms with Crippen LogP contribution < -0.4 is 5.32 Å². The predicted octanol–water partition coefficient (Wildman–Crippen LogP) is 3.40. The van der Waals surface area contributed by atoms with Crippen LogP contribution in [0.1, 0.15) is 22.8 Å². The SMILES string of the molecule is CCc1ccc(NC(=O)COC(=O)c2cc(Cl)ccc2O)cc1. The van der Waals surface area contributed by atoms with E-state index in [9.17, 15) is 14.7 Å². The van der Waals surface area contributed by atoms with E-state index in [1.807, 2.05) is 19.1 Å². The quantitative estimate of drug-likeness (QED) is 0.822. The van der Waals surface area contributed by atoms with Gasteiger partial charge in [0, 0.05) is 10.7 Å². The van der Waals surface area contributed by atoms with E-state index in [-0.39, 0.29) is 16.3 Å². The molecule has 23 heavy (non-hydrogen) atoms. The van der Waals surface area contributed by atoms with Crippen LogP contribution in [0.15, 0.2) is 42.5 Å². The molecule has 2 aromatic rings. The first-order valence-electron chi connectivity index (χ1n) is 7.04. The van der Waals surface area contributed by atoms with E-state index in [1.54, 1.807) is 12.1 Å². The van der Waals surface area contributed by atoms with Gasteiger partial charge in [-0.1, -0.05) is 30.7 Å². The number of hydrogen-bond acceptors (Lipinski definition) is 4. The summed E-state index contributed by atoms with van der Waals surface area (Å²) in [5, 5.41) is 12.5. The Morgan fingerprint density at radius 2 is 1.87 bits per heavy atom. The van der Waals surface area contributed by atoms with Crippen molar-refractivity contribution in [2.45, 2.75) is 13.3 Å². The van der Waals surface area contributed by atoms with Gasteiger partial charge in [-0.25, -0.2) is 4.79 Å². The Hall–Kier alpha value is -2.53. The molecule has 0 saturated heterocycles. The second-order valence-corrected chi connectivity index (χ2v) is 5.27. The van der Waals surface area contributed by atoms with Crippen molar-refractivity contribution in [1.82, 2.24) is 0 Å². The molecule has 0 aromatic heterocycles. The number of halogens is 1. The fourth-order valence-electron chi connectivity index (χ4n) is 1.90. The molecular weight excluding hydrogens is 318 g/mol. The lowest BCUT2D eigenvalue weighted by atomic mass is 10.1. The van der Waals surface area contributed by atoms with E-state index >= 15 is 0 Å². The van der Waals surface area contributed by atoms with Gasteiger partial charge in [0.1, 0.15) is 11.3 Å². The fourth-order valence-corrected chi connectivity index (χ4v) is 2.07. The van der Waals surface area contributed by atoms with Gasteiger partial charge in [-0.05, 0) is 42.3 Å². The summed E-state index contributed by atoms with van der Waals surface area (Å²) in [7, 11) is 0. The average Bonchev–Trinajstić information content (AvgIpc) is 2.55. The van der Waals surface area contributed by atoms with Gasteiger partial charge in [0.2, 0.25) is 0 Å². The molecule has 0 aliphatic heterocycles. The number of nitrogens with one attached hydrogen (secondary N) is 1. The van der Waals surface area contributed by atoms with Gasteiger partial charge in [-0.2, -0.15) is 0 Å². The summed E-state index contributed by atoms with van der Waals surface area (Å²) in [6.07, 6.45) is 0.912. The van der Waals surface area contributed by atoms with E-state index in [0.29, 0.717) is 5.69 Å². The minimum atomic E-state index is -0.818. The molecule has 0 saturated carbocycles.